The molecule has 3 heterocycles. The van der Waals surface area contributed by atoms with Gasteiger partial charge in [-0.25, -0.2) is 15.0 Å². The van der Waals surface area contributed by atoms with Gasteiger partial charge in [-0.1, -0.05) is 20.8 Å². The zero-order chi connectivity index (χ0) is 21.0. The van der Waals surface area contributed by atoms with Crippen molar-refractivity contribution < 1.29 is 10.2 Å². The number of aromatic hydroxyl groups is 2. The highest BCUT2D eigenvalue weighted by Gasteiger charge is 2.23. The number of nitrogens with zero attached hydrogens (tertiary/aromatic N) is 5. The molecule has 3 aromatic heterocycles. The predicted molar refractivity (Wildman–Crippen MR) is 111 cm³/mol. The summed E-state index contributed by atoms with van der Waals surface area (Å²) in [6.45, 7) is 7.27. The summed E-state index contributed by atoms with van der Waals surface area (Å²) in [5.74, 6) is -0.0731. The highest BCUT2D eigenvalue weighted by molar-refractivity contribution is 7.09. The average molecular weight is 413 g/mol. The summed E-state index contributed by atoms with van der Waals surface area (Å²) in [5, 5.41) is 34.8. The van der Waals surface area contributed by atoms with Crippen molar-refractivity contribution in [2.75, 3.05) is 11.9 Å². The predicted octanol–water partition coefficient (Wildman–Crippen LogP) is 3.60. The normalized spacial score (nSPS) is 12.5. The van der Waals surface area contributed by atoms with Gasteiger partial charge in [-0.2, -0.15) is 5.26 Å². The van der Waals surface area contributed by atoms with Crippen LogP contribution in [-0.2, 0) is 12.0 Å². The molecule has 29 heavy (non-hydrogen) atoms. The quantitative estimate of drug-likeness (QED) is 0.507. The monoisotopic (exact) mass is 412 g/mol. The van der Waals surface area contributed by atoms with Gasteiger partial charge in [0, 0.05) is 42.2 Å². The molecule has 0 amide bonds. The first-order valence-electron chi connectivity index (χ1n) is 9.29. The number of aromatic nitrogens is 4. The van der Waals surface area contributed by atoms with Gasteiger partial charge < -0.3 is 15.5 Å². The maximum absolute atomic E-state index is 9.69. The van der Waals surface area contributed by atoms with Crippen molar-refractivity contribution in [3.63, 3.8) is 0 Å². The summed E-state index contributed by atoms with van der Waals surface area (Å²) >= 11 is 1.47. The molecule has 0 spiro atoms. The van der Waals surface area contributed by atoms with Crippen LogP contribution >= 0.6 is 11.3 Å². The van der Waals surface area contributed by atoms with Gasteiger partial charge >= 0.3 is 0 Å². The molecule has 1 atom stereocenters. The van der Waals surface area contributed by atoms with E-state index in [1.165, 1.54) is 28.0 Å². The lowest BCUT2D eigenvalue weighted by Gasteiger charge is -2.14. The molecule has 0 saturated heterocycles. The van der Waals surface area contributed by atoms with Crippen molar-refractivity contribution in [2.45, 2.75) is 45.1 Å². The lowest BCUT2D eigenvalue weighted by atomic mass is 9.93. The average Bonchev–Trinajstić information content (AvgIpc) is 3.28. The van der Waals surface area contributed by atoms with Crippen molar-refractivity contribution in [1.82, 2.24) is 19.5 Å². The van der Waals surface area contributed by atoms with Crippen LogP contribution in [0.4, 0.5) is 5.95 Å². The van der Waals surface area contributed by atoms with E-state index in [0.717, 1.165) is 10.7 Å². The van der Waals surface area contributed by atoms with Crippen LogP contribution in [0, 0.1) is 11.3 Å². The standard InChI is InChI=1S/C20H24N6O2S/c1-20(2,3)15-12-29-18(25-15)13(11-21)14-7-9-23-19(24-14)22-8-4-10-26-16(27)5-6-17(26)28/h5-7,9,12-13,27-28H,4,8,10H2,1-3H3,(H,22,23,24). The Kier molecular flexibility index (Phi) is 6.03. The Morgan fingerprint density at radius 2 is 1.93 bits per heavy atom. The van der Waals surface area contributed by atoms with Gasteiger partial charge in [0.1, 0.15) is 10.9 Å². The van der Waals surface area contributed by atoms with Crippen molar-refractivity contribution >= 4 is 17.3 Å². The SMILES string of the molecule is CC(C)(C)c1csc(C(C#N)c2ccnc(NCCCn3c(O)ccc3O)n2)n1. The fourth-order valence-corrected chi connectivity index (χ4v) is 3.84. The molecule has 3 aromatic rings. The third-order valence-corrected chi connectivity index (χ3v) is 5.33. The maximum Gasteiger partial charge on any atom is 0.222 e. The second-order valence-electron chi connectivity index (χ2n) is 7.67. The summed E-state index contributed by atoms with van der Waals surface area (Å²) in [6.07, 6.45) is 2.27. The van der Waals surface area contributed by atoms with Crippen LogP contribution in [0.25, 0.3) is 0 Å². The van der Waals surface area contributed by atoms with E-state index in [1.54, 1.807) is 12.3 Å². The second kappa shape index (κ2) is 8.49. The van der Waals surface area contributed by atoms with Crippen molar-refractivity contribution in [2.24, 2.45) is 0 Å². The van der Waals surface area contributed by atoms with E-state index >= 15 is 0 Å². The third kappa shape index (κ3) is 4.84. The van der Waals surface area contributed by atoms with Crippen LogP contribution < -0.4 is 5.32 Å². The van der Waals surface area contributed by atoms with Crippen LogP contribution in [0.3, 0.4) is 0 Å². The van der Waals surface area contributed by atoms with Gasteiger partial charge in [0.05, 0.1) is 17.5 Å². The van der Waals surface area contributed by atoms with Crippen LogP contribution in [0.5, 0.6) is 11.8 Å². The summed E-state index contributed by atoms with van der Waals surface area (Å²) < 4.78 is 1.42. The van der Waals surface area contributed by atoms with E-state index in [9.17, 15) is 15.5 Å². The molecular formula is C20H24N6O2S. The molecular weight excluding hydrogens is 388 g/mol. The first kappa shape index (κ1) is 20.6. The Hall–Kier alpha value is -3.12. The van der Waals surface area contributed by atoms with E-state index in [4.69, 9.17) is 0 Å². The summed E-state index contributed by atoms with van der Waals surface area (Å²) in [4.78, 5) is 13.3. The number of hydrogen-bond acceptors (Lipinski definition) is 8. The van der Waals surface area contributed by atoms with Gasteiger partial charge in [0.25, 0.3) is 0 Å². The van der Waals surface area contributed by atoms with Gasteiger partial charge in [0.15, 0.2) is 11.8 Å². The highest BCUT2D eigenvalue weighted by atomic mass is 32.1. The van der Waals surface area contributed by atoms with Crippen LogP contribution in [-0.4, -0.2) is 36.3 Å². The Labute approximate surface area is 173 Å². The number of nitriles is 1. The van der Waals surface area contributed by atoms with Crippen molar-refractivity contribution in [3.05, 3.63) is 46.2 Å². The van der Waals surface area contributed by atoms with Crippen molar-refractivity contribution in [1.29, 1.82) is 5.26 Å². The fraction of sp³-hybridized carbons (Fsp3) is 0.400. The minimum Gasteiger partial charge on any atom is -0.494 e. The smallest absolute Gasteiger partial charge is 0.222 e. The van der Waals surface area contributed by atoms with Crippen LogP contribution in [0.15, 0.2) is 29.8 Å². The second-order valence-corrected chi connectivity index (χ2v) is 8.56. The number of rotatable bonds is 7. The van der Waals surface area contributed by atoms with Crippen LogP contribution in [0.2, 0.25) is 0 Å². The Morgan fingerprint density at radius 3 is 2.55 bits per heavy atom. The molecule has 0 aromatic carbocycles. The molecule has 0 saturated carbocycles. The van der Waals surface area contributed by atoms with Gasteiger partial charge in [-0.15, -0.1) is 11.3 Å². The molecule has 152 valence electrons. The minimum atomic E-state index is -0.548. The van der Waals surface area contributed by atoms with Crippen molar-refractivity contribution in [3.8, 4) is 17.8 Å². The van der Waals surface area contributed by atoms with E-state index in [2.05, 4.69) is 47.1 Å². The Bertz CT molecular complexity index is 995. The number of thiazole rings is 1. The number of nitrogens with one attached hydrogen (secondary N) is 1. The lowest BCUT2D eigenvalue weighted by Crippen LogP contribution is -2.13. The first-order valence-corrected chi connectivity index (χ1v) is 10.2. The Balaban J connectivity index is 1.65. The van der Waals surface area contributed by atoms with E-state index in [-0.39, 0.29) is 17.2 Å². The third-order valence-electron chi connectivity index (χ3n) is 4.42. The van der Waals surface area contributed by atoms with E-state index in [0.29, 0.717) is 31.2 Å². The zero-order valence-corrected chi connectivity index (χ0v) is 17.4. The molecule has 0 fully saturated rings. The van der Waals surface area contributed by atoms with Crippen LogP contribution in [0.1, 0.15) is 49.5 Å². The maximum atomic E-state index is 9.69. The number of hydrogen-bond donors (Lipinski definition) is 3. The Morgan fingerprint density at radius 1 is 1.21 bits per heavy atom. The molecule has 8 nitrogen and oxygen atoms in total. The topological polar surface area (TPSA) is 120 Å². The molecule has 1 unspecified atom stereocenters. The molecule has 0 bridgehead atoms. The molecule has 0 aliphatic carbocycles. The number of anilines is 1. The molecule has 0 aliphatic rings. The lowest BCUT2D eigenvalue weighted by molar-refractivity contribution is 0.366. The van der Waals surface area contributed by atoms with E-state index < -0.39 is 5.92 Å². The zero-order valence-electron chi connectivity index (χ0n) is 16.6. The largest absolute Gasteiger partial charge is 0.494 e. The summed E-state index contributed by atoms with van der Waals surface area (Å²) in [7, 11) is 0. The molecule has 3 N–H and O–H groups in total. The van der Waals surface area contributed by atoms with Gasteiger partial charge in [0.2, 0.25) is 5.95 Å². The minimum absolute atomic E-state index is 0.0238. The van der Waals surface area contributed by atoms with Gasteiger partial charge in [-0.3, -0.25) is 4.57 Å². The summed E-state index contributed by atoms with van der Waals surface area (Å²) in [5.41, 5.74) is 1.48. The highest BCUT2D eigenvalue weighted by Crippen LogP contribution is 2.30. The molecule has 0 aliphatic heterocycles. The first-order chi connectivity index (χ1) is 13.8. The van der Waals surface area contributed by atoms with Gasteiger partial charge in [-0.05, 0) is 12.5 Å². The molecule has 9 heteroatoms. The fourth-order valence-electron chi connectivity index (χ4n) is 2.74. The summed E-state index contributed by atoms with van der Waals surface area (Å²) in [6, 6.07) is 6.92. The molecule has 3 rings (SSSR count). The van der Waals surface area contributed by atoms with E-state index in [1.807, 2.05) is 5.38 Å². The molecule has 0 radical (unpaired) electrons.